The van der Waals surface area contributed by atoms with Gasteiger partial charge in [-0.1, -0.05) is 0 Å². The molecule has 1 atom stereocenters. The van der Waals surface area contributed by atoms with Crippen molar-refractivity contribution < 1.29 is 28.6 Å². The maximum absolute atomic E-state index is 13.3. The van der Waals surface area contributed by atoms with Crippen LogP contribution in [0.2, 0.25) is 0 Å². The number of hydrogen-bond acceptors (Lipinski definition) is 9. The predicted molar refractivity (Wildman–Crippen MR) is 158 cm³/mol. The number of imidazole rings is 1. The Morgan fingerprint density at radius 3 is 2.63 bits per heavy atom. The van der Waals surface area contributed by atoms with Gasteiger partial charge in [0.1, 0.15) is 23.6 Å². The van der Waals surface area contributed by atoms with E-state index in [9.17, 15) is 14.4 Å². The van der Waals surface area contributed by atoms with Crippen molar-refractivity contribution in [3.8, 4) is 5.75 Å². The molecule has 2 aliphatic rings. The maximum Gasteiger partial charge on any atom is 0.407 e. The van der Waals surface area contributed by atoms with Crippen LogP contribution in [-0.4, -0.2) is 94.2 Å². The summed E-state index contributed by atoms with van der Waals surface area (Å²) in [6, 6.07) is 5.57. The summed E-state index contributed by atoms with van der Waals surface area (Å²) in [7, 11) is 1.49. The van der Waals surface area contributed by atoms with E-state index in [4.69, 9.17) is 19.9 Å². The van der Waals surface area contributed by atoms with Crippen molar-refractivity contribution in [2.45, 2.75) is 64.7 Å². The summed E-state index contributed by atoms with van der Waals surface area (Å²) in [6.45, 7) is 7.93. The highest BCUT2D eigenvalue weighted by atomic mass is 16.5. The van der Waals surface area contributed by atoms with E-state index in [-0.39, 0.29) is 23.5 Å². The molecular formula is C29H40N8O6. The van der Waals surface area contributed by atoms with Gasteiger partial charge in [0.25, 0.3) is 5.91 Å². The van der Waals surface area contributed by atoms with Crippen LogP contribution in [0, 0.1) is 6.92 Å². The Labute approximate surface area is 249 Å². The number of anilines is 1. The second-order valence-electron chi connectivity index (χ2n) is 10.8. The minimum absolute atomic E-state index is 0.234. The molecule has 0 spiro atoms. The second kappa shape index (κ2) is 13.4. The number of methoxy groups -OCH3 is 1. The molecule has 43 heavy (non-hydrogen) atoms. The molecule has 3 aromatic rings. The van der Waals surface area contributed by atoms with E-state index in [2.05, 4.69) is 25.6 Å². The first-order valence-electron chi connectivity index (χ1n) is 14.8. The summed E-state index contributed by atoms with van der Waals surface area (Å²) in [5, 5.41) is 10.1. The molecule has 5 rings (SSSR count). The fourth-order valence-corrected chi connectivity index (χ4v) is 5.76. The number of benzene rings is 1. The van der Waals surface area contributed by atoms with Crippen LogP contribution < -0.4 is 21.1 Å². The van der Waals surface area contributed by atoms with Crippen LogP contribution >= 0.6 is 0 Å². The number of carbonyl (C=O) groups excluding carboxylic acids is 3. The summed E-state index contributed by atoms with van der Waals surface area (Å²) in [4.78, 5) is 44.7. The van der Waals surface area contributed by atoms with Gasteiger partial charge in [-0.3, -0.25) is 24.5 Å². The lowest BCUT2D eigenvalue weighted by atomic mass is 9.96. The number of nitrogens with two attached hydrogens (primary N) is 1. The molecule has 4 heterocycles. The zero-order chi connectivity index (χ0) is 30.5. The Morgan fingerprint density at radius 2 is 1.95 bits per heavy atom. The highest BCUT2D eigenvalue weighted by Gasteiger charge is 2.35. The van der Waals surface area contributed by atoms with Gasteiger partial charge in [-0.15, -0.1) is 0 Å². The van der Waals surface area contributed by atoms with Crippen molar-refractivity contribution in [2.75, 3.05) is 45.3 Å². The van der Waals surface area contributed by atoms with Gasteiger partial charge in [0.2, 0.25) is 11.9 Å². The Morgan fingerprint density at radius 1 is 1.16 bits per heavy atom. The standard InChI is InChI=1S/C29H40N8O6/c1-4-37-23(14-18(2)34-37)27(39)33-28-32-22-15-19(26(30)38)16-24(41-3)25(22)36(28)10-5-9-31-29(40)43-17-21-6-11-35(21)20-7-12-42-13-8-20/h14-16,20-21H,4-13,17H2,1-3H3,(H2,30,38)(H,31,40)(H,32,33,39). The summed E-state index contributed by atoms with van der Waals surface area (Å²) >= 11 is 0. The number of ether oxygens (including phenoxy) is 3. The molecule has 1 unspecified atom stereocenters. The van der Waals surface area contributed by atoms with Crippen LogP contribution in [0.3, 0.4) is 0 Å². The van der Waals surface area contributed by atoms with Gasteiger partial charge in [0.15, 0.2) is 0 Å². The number of nitrogens with zero attached hydrogens (tertiary/aromatic N) is 5. The van der Waals surface area contributed by atoms with E-state index in [0.29, 0.717) is 61.2 Å². The zero-order valence-electron chi connectivity index (χ0n) is 24.9. The summed E-state index contributed by atoms with van der Waals surface area (Å²) in [6.07, 6.45) is 3.10. The highest BCUT2D eigenvalue weighted by molar-refractivity contribution is 6.04. The average molecular weight is 597 g/mol. The molecule has 2 fully saturated rings. The number of alkyl carbamates (subject to hydrolysis) is 1. The van der Waals surface area contributed by atoms with Crippen LogP contribution in [-0.2, 0) is 22.6 Å². The minimum atomic E-state index is -0.622. The molecule has 14 nitrogen and oxygen atoms in total. The molecule has 0 radical (unpaired) electrons. The van der Waals surface area contributed by atoms with Crippen molar-refractivity contribution >= 4 is 34.9 Å². The number of fused-ring (bicyclic) bond motifs is 1. The smallest absolute Gasteiger partial charge is 0.407 e. The number of primary amides is 1. The Kier molecular flexibility index (Phi) is 9.46. The van der Waals surface area contributed by atoms with Crippen molar-refractivity contribution in [3.05, 3.63) is 35.2 Å². The number of nitrogens with one attached hydrogen (secondary N) is 2. The van der Waals surface area contributed by atoms with Crippen LogP contribution in [0.4, 0.5) is 10.7 Å². The second-order valence-corrected chi connectivity index (χ2v) is 10.8. The van der Waals surface area contributed by atoms with Gasteiger partial charge in [-0.2, -0.15) is 5.10 Å². The fraction of sp³-hybridized carbons (Fsp3) is 0.552. The normalized spacial score (nSPS) is 17.4. The number of likely N-dealkylation sites (tertiary alicyclic amines) is 1. The van der Waals surface area contributed by atoms with Crippen molar-refractivity contribution in [1.29, 1.82) is 0 Å². The zero-order valence-corrected chi connectivity index (χ0v) is 24.9. The molecule has 2 saturated heterocycles. The molecule has 232 valence electrons. The van der Waals surface area contributed by atoms with Crippen molar-refractivity contribution in [3.63, 3.8) is 0 Å². The number of rotatable bonds is 12. The number of aromatic nitrogens is 4. The summed E-state index contributed by atoms with van der Waals surface area (Å²) in [5.41, 5.74) is 7.90. The van der Waals surface area contributed by atoms with Crippen LogP contribution in [0.25, 0.3) is 11.0 Å². The van der Waals surface area contributed by atoms with Gasteiger partial charge >= 0.3 is 6.09 Å². The van der Waals surface area contributed by atoms with Crippen LogP contribution in [0.15, 0.2) is 18.2 Å². The average Bonchev–Trinajstić information content (AvgIpc) is 3.54. The quantitative estimate of drug-likeness (QED) is 0.266. The third-order valence-corrected chi connectivity index (χ3v) is 8.05. The molecule has 3 amide bonds. The summed E-state index contributed by atoms with van der Waals surface area (Å²) in [5.74, 6) is -0.346. The van der Waals surface area contributed by atoms with E-state index < -0.39 is 12.0 Å². The van der Waals surface area contributed by atoms with Crippen molar-refractivity contribution in [1.82, 2.24) is 29.5 Å². The summed E-state index contributed by atoms with van der Waals surface area (Å²) < 4.78 is 20.0. The predicted octanol–water partition coefficient (Wildman–Crippen LogP) is 2.29. The molecular weight excluding hydrogens is 556 g/mol. The Hall–Kier alpha value is -4.17. The molecule has 14 heteroatoms. The van der Waals surface area contributed by atoms with Gasteiger partial charge in [0.05, 0.1) is 18.3 Å². The maximum atomic E-state index is 13.3. The molecule has 0 saturated carbocycles. The molecule has 2 aromatic heterocycles. The Balaban J connectivity index is 1.24. The van der Waals surface area contributed by atoms with E-state index in [0.717, 1.165) is 44.7 Å². The van der Waals surface area contributed by atoms with E-state index in [1.807, 2.05) is 13.8 Å². The van der Waals surface area contributed by atoms with E-state index in [1.165, 1.54) is 7.11 Å². The highest BCUT2D eigenvalue weighted by Crippen LogP contribution is 2.31. The van der Waals surface area contributed by atoms with Crippen LogP contribution in [0.5, 0.6) is 5.75 Å². The minimum Gasteiger partial charge on any atom is -0.494 e. The monoisotopic (exact) mass is 596 g/mol. The number of hydrogen-bond donors (Lipinski definition) is 3. The largest absolute Gasteiger partial charge is 0.494 e. The number of aryl methyl sites for hydroxylation is 3. The Bertz CT molecular complexity index is 1480. The van der Waals surface area contributed by atoms with Gasteiger partial charge < -0.3 is 29.8 Å². The van der Waals surface area contributed by atoms with Crippen molar-refractivity contribution in [2.24, 2.45) is 5.73 Å². The lowest BCUT2D eigenvalue weighted by molar-refractivity contribution is -0.0426. The molecule has 1 aromatic carbocycles. The number of amides is 3. The topological polar surface area (TPSA) is 168 Å². The lowest BCUT2D eigenvalue weighted by Crippen LogP contribution is -2.56. The molecule has 4 N–H and O–H groups in total. The molecule has 2 aliphatic heterocycles. The first-order valence-corrected chi connectivity index (χ1v) is 14.8. The third-order valence-electron chi connectivity index (χ3n) is 8.05. The van der Waals surface area contributed by atoms with E-state index >= 15 is 0 Å². The number of carbonyl (C=O) groups is 3. The fourth-order valence-electron chi connectivity index (χ4n) is 5.76. The third kappa shape index (κ3) is 6.75. The SMILES string of the molecule is CCn1nc(C)cc1C(=O)Nc1nc2cc(C(N)=O)cc(OC)c2n1CCCNC(=O)OCC1CCN1C1CCOCC1. The first-order chi connectivity index (χ1) is 20.8. The van der Waals surface area contributed by atoms with Gasteiger partial charge in [0, 0.05) is 57.0 Å². The molecule has 0 aliphatic carbocycles. The van der Waals surface area contributed by atoms with Crippen LogP contribution in [0.1, 0.15) is 59.1 Å². The van der Waals surface area contributed by atoms with Gasteiger partial charge in [-0.25, -0.2) is 9.78 Å². The van der Waals surface area contributed by atoms with E-state index in [1.54, 1.807) is 27.4 Å². The lowest BCUT2D eigenvalue weighted by Gasteiger charge is -2.46. The van der Waals surface area contributed by atoms with Gasteiger partial charge in [-0.05, 0) is 57.7 Å². The first kappa shape index (κ1) is 30.3. The molecule has 0 bridgehead atoms.